The summed E-state index contributed by atoms with van der Waals surface area (Å²) < 4.78 is 27.0. The fraction of sp³-hybridized carbons (Fsp3) is 0.333. The normalized spacial score (nSPS) is 15.6. The zero-order valence-electron chi connectivity index (χ0n) is 17.6. The molecular formula is C24H25N3O4S. The van der Waals surface area contributed by atoms with Gasteiger partial charge in [0.1, 0.15) is 0 Å². The van der Waals surface area contributed by atoms with Gasteiger partial charge in [0, 0.05) is 29.8 Å². The lowest BCUT2D eigenvalue weighted by molar-refractivity contribution is 0.0729. The van der Waals surface area contributed by atoms with Crippen molar-refractivity contribution in [3.8, 4) is 12.3 Å². The first-order valence-electron chi connectivity index (χ1n) is 10.6. The number of nitrogens with zero attached hydrogens (tertiary/aromatic N) is 1. The van der Waals surface area contributed by atoms with Crippen LogP contribution in [0.25, 0.3) is 0 Å². The average Bonchev–Trinajstić information content (AvgIpc) is 3.71. The molecule has 0 aliphatic heterocycles. The van der Waals surface area contributed by atoms with E-state index in [-0.39, 0.29) is 29.3 Å². The maximum absolute atomic E-state index is 13.2. The fourth-order valence-corrected chi connectivity index (χ4v) is 4.37. The second kappa shape index (κ2) is 9.15. The molecule has 0 atom stereocenters. The molecular weight excluding hydrogens is 426 g/mol. The first-order valence-corrected chi connectivity index (χ1v) is 12.1. The number of rotatable bonds is 9. The van der Waals surface area contributed by atoms with E-state index < -0.39 is 10.0 Å². The molecule has 2 saturated carbocycles. The molecule has 0 radical (unpaired) electrons. The van der Waals surface area contributed by atoms with Crippen LogP contribution in [-0.2, 0) is 16.6 Å². The van der Waals surface area contributed by atoms with E-state index >= 15 is 0 Å². The van der Waals surface area contributed by atoms with Crippen LogP contribution in [-0.4, -0.2) is 43.8 Å². The van der Waals surface area contributed by atoms with Crippen molar-refractivity contribution in [2.24, 2.45) is 0 Å². The maximum Gasteiger partial charge on any atom is 0.254 e. The standard InChI is InChI=1S/C24H25N3O4S/c1-2-14-25-32(30,31)22-5-3-4-19(15-22)24(29)27(21-12-13-21)16-17-6-8-18(9-7-17)23(28)26-20-10-11-20/h1,3-9,15,20-21,25H,10-14,16H2,(H,26,28). The summed E-state index contributed by atoms with van der Waals surface area (Å²) in [6.07, 6.45) is 9.02. The number of terminal acetylenes is 1. The Labute approximate surface area is 188 Å². The molecule has 2 aromatic carbocycles. The Morgan fingerprint density at radius 1 is 1.03 bits per heavy atom. The molecule has 2 N–H and O–H groups in total. The Bertz CT molecular complexity index is 1160. The van der Waals surface area contributed by atoms with Gasteiger partial charge in [0.25, 0.3) is 11.8 Å². The summed E-state index contributed by atoms with van der Waals surface area (Å²) in [4.78, 5) is 27.2. The van der Waals surface area contributed by atoms with E-state index in [1.165, 1.54) is 12.1 Å². The molecule has 0 aromatic heterocycles. The van der Waals surface area contributed by atoms with Crippen molar-refractivity contribution < 1.29 is 18.0 Å². The highest BCUT2D eigenvalue weighted by atomic mass is 32.2. The number of carbonyl (C=O) groups excluding carboxylic acids is 2. The largest absolute Gasteiger partial charge is 0.349 e. The quantitative estimate of drug-likeness (QED) is 0.572. The van der Waals surface area contributed by atoms with Crippen molar-refractivity contribution in [3.63, 3.8) is 0 Å². The predicted molar refractivity (Wildman–Crippen MR) is 120 cm³/mol. The molecule has 2 aliphatic carbocycles. The second-order valence-corrected chi connectivity index (χ2v) is 9.93. The van der Waals surface area contributed by atoms with E-state index in [0.717, 1.165) is 31.2 Å². The molecule has 2 aromatic rings. The minimum absolute atomic E-state index is 0.000347. The number of carbonyl (C=O) groups is 2. The Balaban J connectivity index is 1.48. The molecule has 0 unspecified atom stereocenters. The van der Waals surface area contributed by atoms with Gasteiger partial charge in [-0.05, 0) is 61.6 Å². The Kier molecular flexibility index (Phi) is 6.31. The first kappa shape index (κ1) is 22.1. The van der Waals surface area contributed by atoms with Crippen LogP contribution in [0.3, 0.4) is 0 Å². The van der Waals surface area contributed by atoms with Gasteiger partial charge in [-0.3, -0.25) is 9.59 Å². The molecule has 0 spiro atoms. The summed E-state index contributed by atoms with van der Waals surface area (Å²) in [6.45, 7) is 0.268. The third-order valence-electron chi connectivity index (χ3n) is 5.49. The van der Waals surface area contributed by atoms with Gasteiger partial charge in [-0.15, -0.1) is 6.42 Å². The van der Waals surface area contributed by atoms with Crippen LogP contribution in [0.4, 0.5) is 0 Å². The number of hydrogen-bond acceptors (Lipinski definition) is 4. The van der Waals surface area contributed by atoms with Crippen LogP contribution in [0.5, 0.6) is 0 Å². The molecule has 0 bridgehead atoms. The molecule has 2 amide bonds. The van der Waals surface area contributed by atoms with Crippen molar-refractivity contribution in [1.82, 2.24) is 14.9 Å². The number of nitrogens with one attached hydrogen (secondary N) is 2. The summed E-state index contributed by atoms with van der Waals surface area (Å²) in [5.74, 6) is 1.93. The van der Waals surface area contributed by atoms with Crippen LogP contribution < -0.4 is 10.0 Å². The van der Waals surface area contributed by atoms with E-state index in [2.05, 4.69) is 16.0 Å². The highest BCUT2D eigenvalue weighted by Crippen LogP contribution is 2.30. The van der Waals surface area contributed by atoms with Crippen LogP contribution in [0.15, 0.2) is 53.4 Å². The van der Waals surface area contributed by atoms with Crippen molar-refractivity contribution in [2.45, 2.75) is 49.2 Å². The topological polar surface area (TPSA) is 95.6 Å². The van der Waals surface area contributed by atoms with Crippen LogP contribution in [0.1, 0.15) is 52.0 Å². The lowest BCUT2D eigenvalue weighted by atomic mass is 10.1. The van der Waals surface area contributed by atoms with Gasteiger partial charge in [0.15, 0.2) is 0 Å². The summed E-state index contributed by atoms with van der Waals surface area (Å²) >= 11 is 0. The van der Waals surface area contributed by atoms with E-state index in [1.54, 1.807) is 29.2 Å². The van der Waals surface area contributed by atoms with Gasteiger partial charge in [0.2, 0.25) is 10.0 Å². The average molecular weight is 452 g/mol. The third kappa shape index (κ3) is 5.36. The SMILES string of the molecule is C#CCNS(=O)(=O)c1cccc(C(=O)N(Cc2ccc(C(=O)NC3CC3)cc2)C2CC2)c1. The maximum atomic E-state index is 13.2. The molecule has 7 nitrogen and oxygen atoms in total. The van der Waals surface area contributed by atoms with Crippen LogP contribution in [0, 0.1) is 12.3 Å². The summed E-state index contributed by atoms with van der Waals surface area (Å²) in [5.41, 5.74) is 1.82. The van der Waals surface area contributed by atoms with Crippen molar-refractivity contribution in [2.75, 3.05) is 6.54 Å². The zero-order chi connectivity index (χ0) is 22.7. The molecule has 8 heteroatoms. The lowest BCUT2D eigenvalue weighted by Crippen LogP contribution is -2.33. The van der Waals surface area contributed by atoms with Crippen molar-refractivity contribution >= 4 is 21.8 Å². The van der Waals surface area contributed by atoms with Crippen LogP contribution >= 0.6 is 0 Å². The number of sulfonamides is 1. The smallest absolute Gasteiger partial charge is 0.254 e. The summed E-state index contributed by atoms with van der Waals surface area (Å²) in [7, 11) is -3.79. The van der Waals surface area contributed by atoms with Gasteiger partial charge >= 0.3 is 0 Å². The minimum Gasteiger partial charge on any atom is -0.349 e. The first-order chi connectivity index (χ1) is 15.4. The Morgan fingerprint density at radius 3 is 2.38 bits per heavy atom. The molecule has 2 aliphatic rings. The molecule has 2 fully saturated rings. The van der Waals surface area contributed by atoms with Crippen LogP contribution in [0.2, 0.25) is 0 Å². The number of hydrogen-bond donors (Lipinski definition) is 2. The monoisotopic (exact) mass is 451 g/mol. The Hall–Kier alpha value is -3.15. The molecule has 166 valence electrons. The van der Waals surface area contributed by atoms with Gasteiger partial charge in [0.05, 0.1) is 11.4 Å². The van der Waals surface area contributed by atoms with Gasteiger partial charge in [-0.1, -0.05) is 24.1 Å². The zero-order valence-corrected chi connectivity index (χ0v) is 18.4. The highest BCUT2D eigenvalue weighted by molar-refractivity contribution is 7.89. The Morgan fingerprint density at radius 2 is 1.75 bits per heavy atom. The molecule has 32 heavy (non-hydrogen) atoms. The van der Waals surface area contributed by atoms with Gasteiger partial charge in [-0.25, -0.2) is 8.42 Å². The van der Waals surface area contributed by atoms with E-state index in [9.17, 15) is 18.0 Å². The van der Waals surface area contributed by atoms with E-state index in [1.807, 2.05) is 12.1 Å². The fourth-order valence-electron chi connectivity index (χ4n) is 3.39. The molecule has 0 heterocycles. The highest BCUT2D eigenvalue weighted by Gasteiger charge is 2.33. The molecule has 0 saturated heterocycles. The van der Waals surface area contributed by atoms with Crippen molar-refractivity contribution in [3.05, 3.63) is 65.2 Å². The van der Waals surface area contributed by atoms with Gasteiger partial charge in [-0.2, -0.15) is 4.72 Å². The lowest BCUT2D eigenvalue weighted by Gasteiger charge is -2.23. The summed E-state index contributed by atoms with van der Waals surface area (Å²) in [5, 5.41) is 2.96. The molecule has 4 rings (SSSR count). The van der Waals surface area contributed by atoms with E-state index in [4.69, 9.17) is 6.42 Å². The minimum atomic E-state index is -3.79. The number of amides is 2. The predicted octanol–water partition coefficient (Wildman–Crippen LogP) is 2.30. The third-order valence-corrected chi connectivity index (χ3v) is 6.88. The van der Waals surface area contributed by atoms with Gasteiger partial charge < -0.3 is 10.2 Å². The van der Waals surface area contributed by atoms with Crippen molar-refractivity contribution in [1.29, 1.82) is 0 Å². The summed E-state index contributed by atoms with van der Waals surface area (Å²) in [6, 6.07) is 13.7. The number of benzene rings is 2. The second-order valence-electron chi connectivity index (χ2n) is 8.17. The van der Waals surface area contributed by atoms with E-state index in [0.29, 0.717) is 23.7 Å².